The maximum atomic E-state index is 2.35. The van der Waals surface area contributed by atoms with E-state index >= 15 is 0 Å². The van der Waals surface area contributed by atoms with Gasteiger partial charge in [0.1, 0.15) is 0 Å². The minimum absolute atomic E-state index is 1.12. The summed E-state index contributed by atoms with van der Waals surface area (Å²) in [5.41, 5.74) is 10.6. The average molecular weight is 624 g/mol. The predicted octanol–water partition coefficient (Wildman–Crippen LogP) is 13.6. The molecule has 0 heterocycles. The molecule has 9 aromatic rings. The monoisotopic (exact) mass is 623 g/mol. The summed E-state index contributed by atoms with van der Waals surface area (Å²) in [6.07, 6.45) is 0. The second kappa shape index (κ2) is 12.3. The zero-order valence-corrected chi connectivity index (χ0v) is 27.0. The Morgan fingerprint density at radius 2 is 0.673 bits per heavy atom. The standard InChI is InChI=1S/C48H33N/c1-3-10-34(11-4-1)35-18-20-36(21-19-35)40-13-9-16-44(32-40)49(42-14-5-2-6-15-42)43-28-24-37(25-29-43)41-23-22-39-27-30-46-45-17-8-7-12-38(45)26-31-47(46)48(39)33-41/h1-33H. The van der Waals surface area contributed by atoms with Gasteiger partial charge in [0, 0.05) is 17.1 Å². The van der Waals surface area contributed by atoms with Gasteiger partial charge in [-0.05, 0) is 108 Å². The van der Waals surface area contributed by atoms with Gasteiger partial charge in [-0.15, -0.1) is 0 Å². The first-order chi connectivity index (χ1) is 24.3. The van der Waals surface area contributed by atoms with Crippen LogP contribution >= 0.6 is 0 Å². The molecule has 230 valence electrons. The van der Waals surface area contributed by atoms with Crippen LogP contribution in [-0.4, -0.2) is 0 Å². The smallest absolute Gasteiger partial charge is 0.0467 e. The summed E-state index contributed by atoms with van der Waals surface area (Å²) in [5, 5.41) is 7.70. The third kappa shape index (κ3) is 5.42. The molecule has 0 spiro atoms. The van der Waals surface area contributed by atoms with E-state index in [9.17, 15) is 0 Å². The highest BCUT2D eigenvalue weighted by atomic mass is 15.1. The van der Waals surface area contributed by atoms with Crippen molar-refractivity contribution in [1.82, 2.24) is 0 Å². The van der Waals surface area contributed by atoms with Crippen molar-refractivity contribution in [3.05, 3.63) is 200 Å². The first kappa shape index (κ1) is 28.8. The zero-order valence-electron chi connectivity index (χ0n) is 27.0. The Bertz CT molecular complexity index is 2570. The number of para-hydroxylation sites is 1. The van der Waals surface area contributed by atoms with Crippen molar-refractivity contribution in [1.29, 1.82) is 0 Å². The largest absolute Gasteiger partial charge is 0.310 e. The van der Waals surface area contributed by atoms with Crippen LogP contribution in [0.1, 0.15) is 0 Å². The summed E-state index contributed by atoms with van der Waals surface area (Å²) in [4.78, 5) is 2.34. The fourth-order valence-corrected chi connectivity index (χ4v) is 7.14. The summed E-state index contributed by atoms with van der Waals surface area (Å²) < 4.78 is 0. The Morgan fingerprint density at radius 1 is 0.224 bits per heavy atom. The number of fused-ring (bicyclic) bond motifs is 5. The van der Waals surface area contributed by atoms with Gasteiger partial charge in [-0.2, -0.15) is 0 Å². The fourth-order valence-electron chi connectivity index (χ4n) is 7.14. The highest BCUT2D eigenvalue weighted by Gasteiger charge is 2.14. The summed E-state index contributed by atoms with van der Waals surface area (Å²) in [6.45, 7) is 0. The maximum Gasteiger partial charge on any atom is 0.0467 e. The van der Waals surface area contributed by atoms with Gasteiger partial charge in [0.2, 0.25) is 0 Å². The van der Waals surface area contributed by atoms with Gasteiger partial charge in [-0.3, -0.25) is 0 Å². The van der Waals surface area contributed by atoms with Crippen molar-refractivity contribution >= 4 is 49.4 Å². The fraction of sp³-hybridized carbons (Fsp3) is 0. The minimum atomic E-state index is 1.12. The molecular formula is C48H33N. The molecule has 0 atom stereocenters. The average Bonchev–Trinajstić information content (AvgIpc) is 3.19. The lowest BCUT2D eigenvalue weighted by Crippen LogP contribution is -2.09. The molecule has 9 aromatic carbocycles. The van der Waals surface area contributed by atoms with Gasteiger partial charge >= 0.3 is 0 Å². The van der Waals surface area contributed by atoms with Crippen LogP contribution in [0.5, 0.6) is 0 Å². The summed E-state index contributed by atoms with van der Waals surface area (Å²) in [6, 6.07) is 72.4. The lowest BCUT2D eigenvalue weighted by Gasteiger charge is -2.26. The molecule has 0 amide bonds. The third-order valence-electron chi connectivity index (χ3n) is 9.65. The lowest BCUT2D eigenvalue weighted by atomic mass is 9.94. The van der Waals surface area contributed by atoms with E-state index in [0.29, 0.717) is 0 Å². The summed E-state index contributed by atoms with van der Waals surface area (Å²) in [5.74, 6) is 0. The maximum absolute atomic E-state index is 2.35. The number of anilines is 3. The van der Waals surface area contributed by atoms with Crippen LogP contribution < -0.4 is 4.90 Å². The Labute approximate surface area is 287 Å². The second-order valence-electron chi connectivity index (χ2n) is 12.6. The second-order valence-corrected chi connectivity index (χ2v) is 12.6. The predicted molar refractivity (Wildman–Crippen MR) is 210 cm³/mol. The van der Waals surface area contributed by atoms with E-state index < -0.39 is 0 Å². The van der Waals surface area contributed by atoms with Crippen LogP contribution in [0.2, 0.25) is 0 Å². The van der Waals surface area contributed by atoms with Crippen LogP contribution in [-0.2, 0) is 0 Å². The molecule has 0 radical (unpaired) electrons. The van der Waals surface area contributed by atoms with Gasteiger partial charge in [0.15, 0.2) is 0 Å². The molecule has 0 saturated heterocycles. The van der Waals surface area contributed by atoms with Crippen molar-refractivity contribution in [3.8, 4) is 33.4 Å². The van der Waals surface area contributed by atoms with Crippen LogP contribution in [0, 0.1) is 0 Å². The zero-order chi connectivity index (χ0) is 32.6. The first-order valence-corrected chi connectivity index (χ1v) is 16.8. The molecule has 0 N–H and O–H groups in total. The SMILES string of the molecule is c1ccc(-c2ccc(-c3cccc(N(c4ccccc4)c4ccc(-c5ccc6ccc7c8ccccc8ccc7c6c5)cc4)c3)cc2)cc1. The van der Waals surface area contributed by atoms with Gasteiger partial charge in [-0.25, -0.2) is 0 Å². The van der Waals surface area contributed by atoms with E-state index in [0.717, 1.165) is 17.1 Å². The number of rotatable bonds is 6. The molecule has 0 aliphatic carbocycles. The summed E-state index contributed by atoms with van der Waals surface area (Å²) in [7, 11) is 0. The quantitative estimate of drug-likeness (QED) is 0.167. The molecule has 0 aliphatic rings. The van der Waals surface area contributed by atoms with Crippen molar-refractivity contribution in [2.45, 2.75) is 0 Å². The molecular weight excluding hydrogens is 591 g/mol. The minimum Gasteiger partial charge on any atom is -0.310 e. The summed E-state index contributed by atoms with van der Waals surface area (Å²) >= 11 is 0. The van der Waals surface area contributed by atoms with Crippen molar-refractivity contribution in [2.24, 2.45) is 0 Å². The Kier molecular flexibility index (Phi) is 7.22. The molecule has 9 rings (SSSR count). The van der Waals surface area contributed by atoms with Crippen LogP contribution in [0.4, 0.5) is 17.1 Å². The van der Waals surface area contributed by atoms with Crippen LogP contribution in [0.15, 0.2) is 200 Å². The van der Waals surface area contributed by atoms with E-state index in [1.165, 1.54) is 65.7 Å². The molecule has 0 bridgehead atoms. The molecule has 49 heavy (non-hydrogen) atoms. The van der Waals surface area contributed by atoms with Gasteiger partial charge in [0.05, 0.1) is 0 Å². The lowest BCUT2D eigenvalue weighted by molar-refractivity contribution is 1.28. The molecule has 0 aromatic heterocycles. The Morgan fingerprint density at radius 3 is 1.41 bits per heavy atom. The van der Waals surface area contributed by atoms with E-state index in [4.69, 9.17) is 0 Å². The van der Waals surface area contributed by atoms with Gasteiger partial charge in [0.25, 0.3) is 0 Å². The highest BCUT2D eigenvalue weighted by Crippen LogP contribution is 2.39. The van der Waals surface area contributed by atoms with E-state index in [2.05, 4.69) is 205 Å². The van der Waals surface area contributed by atoms with Crippen molar-refractivity contribution < 1.29 is 0 Å². The van der Waals surface area contributed by atoms with E-state index in [1.54, 1.807) is 0 Å². The van der Waals surface area contributed by atoms with Gasteiger partial charge < -0.3 is 4.90 Å². The van der Waals surface area contributed by atoms with Crippen molar-refractivity contribution in [2.75, 3.05) is 4.90 Å². The molecule has 0 aliphatic heterocycles. The molecule has 1 nitrogen and oxygen atoms in total. The molecule has 1 heteroatoms. The van der Waals surface area contributed by atoms with Gasteiger partial charge in [-0.1, -0.05) is 158 Å². The highest BCUT2D eigenvalue weighted by molar-refractivity contribution is 6.17. The normalized spacial score (nSPS) is 11.3. The molecule has 0 saturated carbocycles. The van der Waals surface area contributed by atoms with Crippen LogP contribution in [0.25, 0.3) is 65.7 Å². The first-order valence-electron chi connectivity index (χ1n) is 16.8. The number of benzene rings is 9. The van der Waals surface area contributed by atoms with Crippen molar-refractivity contribution in [3.63, 3.8) is 0 Å². The topological polar surface area (TPSA) is 3.24 Å². The molecule has 0 unspecified atom stereocenters. The Balaban J connectivity index is 1.08. The third-order valence-corrected chi connectivity index (χ3v) is 9.65. The number of nitrogens with zero attached hydrogens (tertiary/aromatic N) is 1. The Hall–Kier alpha value is -6.44. The van der Waals surface area contributed by atoms with Crippen LogP contribution in [0.3, 0.4) is 0 Å². The number of hydrogen-bond donors (Lipinski definition) is 0. The number of hydrogen-bond acceptors (Lipinski definition) is 1. The molecule has 0 fully saturated rings. The van der Waals surface area contributed by atoms with E-state index in [1.807, 2.05) is 0 Å². The van der Waals surface area contributed by atoms with E-state index in [-0.39, 0.29) is 0 Å².